The van der Waals surface area contributed by atoms with Crippen molar-refractivity contribution < 1.29 is 4.39 Å². The summed E-state index contributed by atoms with van der Waals surface area (Å²) in [5, 5.41) is 0.937. The van der Waals surface area contributed by atoms with Gasteiger partial charge in [-0.1, -0.05) is 18.6 Å². The molecule has 5 heterocycles. The van der Waals surface area contributed by atoms with Gasteiger partial charge in [-0.15, -0.1) is 0 Å². The molecule has 1 aliphatic heterocycles. The standard InChI is InChI=1S/C30H29FN6/c31-23-6-4-5-21(14-23)30-25-15-24(35-28(25)9-10-34-30)16-29-26(32)7-8-27(36-29)22-13-20(17-33-18-22)19-37-11-2-1-3-12-37/h4-10,13-15,17-18,35H,1-3,11-12,16,19,32H2. The summed E-state index contributed by atoms with van der Waals surface area (Å²) in [6, 6.07) is 16.5. The summed E-state index contributed by atoms with van der Waals surface area (Å²) < 4.78 is 13.8. The lowest BCUT2D eigenvalue weighted by molar-refractivity contribution is 0.220. The molecule has 1 aromatic carbocycles. The van der Waals surface area contributed by atoms with Gasteiger partial charge in [-0.05, 0) is 74.0 Å². The summed E-state index contributed by atoms with van der Waals surface area (Å²) in [6.45, 7) is 3.21. The fourth-order valence-electron chi connectivity index (χ4n) is 5.16. The molecule has 5 aromatic rings. The number of fused-ring (bicyclic) bond motifs is 1. The Balaban J connectivity index is 1.28. The number of hydrogen-bond acceptors (Lipinski definition) is 5. The molecule has 0 amide bonds. The van der Waals surface area contributed by atoms with Crippen LogP contribution in [-0.2, 0) is 13.0 Å². The number of aromatic amines is 1. The van der Waals surface area contributed by atoms with E-state index >= 15 is 0 Å². The first-order valence-corrected chi connectivity index (χ1v) is 12.8. The minimum Gasteiger partial charge on any atom is -0.397 e. The second kappa shape index (κ2) is 10.1. The average molecular weight is 493 g/mol. The molecule has 1 aliphatic rings. The number of halogens is 1. The van der Waals surface area contributed by atoms with Crippen molar-refractivity contribution in [2.24, 2.45) is 0 Å². The van der Waals surface area contributed by atoms with Crippen molar-refractivity contribution in [1.82, 2.24) is 24.8 Å². The predicted octanol–water partition coefficient (Wildman–Crippen LogP) is 5.98. The van der Waals surface area contributed by atoms with Gasteiger partial charge in [0.05, 0.1) is 22.8 Å². The third-order valence-electron chi connectivity index (χ3n) is 7.01. The van der Waals surface area contributed by atoms with Crippen LogP contribution in [0.4, 0.5) is 10.1 Å². The van der Waals surface area contributed by atoms with Gasteiger partial charge in [0.1, 0.15) is 5.82 Å². The Morgan fingerprint density at radius 1 is 0.946 bits per heavy atom. The van der Waals surface area contributed by atoms with Crippen LogP contribution in [0.5, 0.6) is 0 Å². The van der Waals surface area contributed by atoms with Crippen LogP contribution in [0.15, 0.2) is 73.2 Å². The molecular formula is C30H29FN6. The monoisotopic (exact) mass is 492 g/mol. The topological polar surface area (TPSA) is 83.7 Å². The number of aromatic nitrogens is 4. The third-order valence-corrected chi connectivity index (χ3v) is 7.01. The van der Waals surface area contributed by atoms with E-state index in [1.54, 1.807) is 12.3 Å². The lowest BCUT2D eigenvalue weighted by Crippen LogP contribution is -2.29. The van der Waals surface area contributed by atoms with E-state index in [1.807, 2.05) is 36.7 Å². The number of nitrogens with one attached hydrogen (secondary N) is 1. The van der Waals surface area contributed by atoms with Gasteiger partial charge in [0.2, 0.25) is 0 Å². The van der Waals surface area contributed by atoms with E-state index in [1.165, 1.54) is 37.0 Å². The first kappa shape index (κ1) is 23.3. The van der Waals surface area contributed by atoms with Crippen molar-refractivity contribution in [2.75, 3.05) is 18.8 Å². The van der Waals surface area contributed by atoms with Gasteiger partial charge in [0.25, 0.3) is 0 Å². The number of piperidine rings is 1. The molecule has 186 valence electrons. The maximum atomic E-state index is 13.8. The Labute approximate surface area is 215 Å². The molecule has 0 bridgehead atoms. The number of H-pyrrole nitrogens is 1. The van der Waals surface area contributed by atoms with E-state index in [2.05, 4.69) is 32.0 Å². The van der Waals surface area contributed by atoms with Crippen molar-refractivity contribution in [3.05, 3.63) is 96.0 Å². The summed E-state index contributed by atoms with van der Waals surface area (Å²) in [5.41, 5.74) is 14.2. The Morgan fingerprint density at radius 3 is 2.70 bits per heavy atom. The SMILES string of the molecule is Nc1ccc(-c2cncc(CN3CCCCC3)c2)nc1Cc1cc2c(-c3cccc(F)c3)nccc2[nH]1. The van der Waals surface area contributed by atoms with E-state index in [-0.39, 0.29) is 5.82 Å². The van der Waals surface area contributed by atoms with Gasteiger partial charge >= 0.3 is 0 Å². The second-order valence-corrected chi connectivity index (χ2v) is 9.75. The lowest BCUT2D eigenvalue weighted by Gasteiger charge is -2.26. The van der Waals surface area contributed by atoms with Crippen LogP contribution in [0.25, 0.3) is 33.4 Å². The van der Waals surface area contributed by atoms with E-state index in [0.717, 1.165) is 64.4 Å². The van der Waals surface area contributed by atoms with Crippen LogP contribution in [0, 0.1) is 5.82 Å². The van der Waals surface area contributed by atoms with Gasteiger partial charge in [-0.25, -0.2) is 4.39 Å². The molecule has 37 heavy (non-hydrogen) atoms. The van der Waals surface area contributed by atoms with Gasteiger partial charge in [0.15, 0.2) is 0 Å². The van der Waals surface area contributed by atoms with Gasteiger partial charge in [-0.2, -0.15) is 0 Å². The minimum absolute atomic E-state index is 0.282. The number of nitrogen functional groups attached to an aromatic ring is 1. The number of hydrogen-bond donors (Lipinski definition) is 2. The highest BCUT2D eigenvalue weighted by Gasteiger charge is 2.14. The quantitative estimate of drug-likeness (QED) is 0.304. The van der Waals surface area contributed by atoms with Crippen molar-refractivity contribution in [3.8, 4) is 22.5 Å². The highest BCUT2D eigenvalue weighted by molar-refractivity contribution is 5.93. The maximum Gasteiger partial charge on any atom is 0.123 e. The molecule has 1 saturated heterocycles. The summed E-state index contributed by atoms with van der Waals surface area (Å²) >= 11 is 0. The molecule has 1 fully saturated rings. The number of pyridine rings is 3. The van der Waals surface area contributed by atoms with E-state index < -0.39 is 0 Å². The van der Waals surface area contributed by atoms with Crippen LogP contribution < -0.4 is 5.73 Å². The smallest absolute Gasteiger partial charge is 0.123 e. The molecular weight excluding hydrogens is 463 g/mol. The van der Waals surface area contributed by atoms with Crippen molar-refractivity contribution in [3.63, 3.8) is 0 Å². The predicted molar refractivity (Wildman–Crippen MR) is 145 cm³/mol. The maximum absolute atomic E-state index is 13.8. The zero-order chi connectivity index (χ0) is 25.2. The number of nitrogens with two attached hydrogens (primary N) is 1. The Morgan fingerprint density at radius 2 is 1.84 bits per heavy atom. The summed E-state index contributed by atoms with van der Waals surface area (Å²) in [4.78, 5) is 19.9. The largest absolute Gasteiger partial charge is 0.397 e. The van der Waals surface area contributed by atoms with Crippen molar-refractivity contribution in [2.45, 2.75) is 32.2 Å². The molecule has 6 rings (SSSR count). The molecule has 0 spiro atoms. The van der Waals surface area contributed by atoms with Gasteiger partial charge < -0.3 is 10.7 Å². The van der Waals surface area contributed by atoms with Crippen LogP contribution >= 0.6 is 0 Å². The zero-order valence-corrected chi connectivity index (χ0v) is 20.6. The van der Waals surface area contributed by atoms with Gasteiger partial charge in [-0.3, -0.25) is 19.9 Å². The van der Waals surface area contributed by atoms with Crippen LogP contribution in [0.2, 0.25) is 0 Å². The van der Waals surface area contributed by atoms with E-state index in [0.29, 0.717) is 12.1 Å². The molecule has 7 heteroatoms. The van der Waals surface area contributed by atoms with Crippen LogP contribution in [0.3, 0.4) is 0 Å². The van der Waals surface area contributed by atoms with E-state index in [4.69, 9.17) is 10.7 Å². The molecule has 3 N–H and O–H groups in total. The number of nitrogens with zero attached hydrogens (tertiary/aromatic N) is 4. The average Bonchev–Trinajstić information content (AvgIpc) is 3.33. The highest BCUT2D eigenvalue weighted by atomic mass is 19.1. The number of rotatable bonds is 6. The first-order chi connectivity index (χ1) is 18.1. The fraction of sp³-hybridized carbons (Fsp3) is 0.233. The van der Waals surface area contributed by atoms with Crippen molar-refractivity contribution >= 4 is 16.6 Å². The molecule has 0 saturated carbocycles. The number of benzene rings is 1. The third kappa shape index (κ3) is 5.08. The molecule has 6 nitrogen and oxygen atoms in total. The van der Waals surface area contributed by atoms with Crippen molar-refractivity contribution in [1.29, 1.82) is 0 Å². The summed E-state index contributed by atoms with van der Waals surface area (Å²) in [7, 11) is 0. The number of anilines is 1. The normalized spacial score (nSPS) is 14.3. The second-order valence-electron chi connectivity index (χ2n) is 9.75. The molecule has 0 atom stereocenters. The van der Waals surface area contributed by atoms with Gasteiger partial charge in [0, 0.05) is 59.3 Å². The lowest BCUT2D eigenvalue weighted by atomic mass is 10.1. The Kier molecular flexibility index (Phi) is 6.37. The first-order valence-electron chi connectivity index (χ1n) is 12.8. The zero-order valence-electron chi connectivity index (χ0n) is 20.6. The minimum atomic E-state index is -0.282. The van der Waals surface area contributed by atoms with Crippen LogP contribution in [0.1, 0.15) is 36.2 Å². The molecule has 4 aromatic heterocycles. The molecule has 0 radical (unpaired) electrons. The molecule has 0 aliphatic carbocycles. The number of likely N-dealkylation sites (tertiary alicyclic amines) is 1. The molecule has 0 unspecified atom stereocenters. The summed E-state index contributed by atoms with van der Waals surface area (Å²) in [5.74, 6) is -0.282. The Hall–Kier alpha value is -4.10. The summed E-state index contributed by atoms with van der Waals surface area (Å²) in [6.07, 6.45) is 9.95. The fourth-order valence-corrected chi connectivity index (χ4v) is 5.16. The Bertz CT molecular complexity index is 1550. The van der Waals surface area contributed by atoms with E-state index in [9.17, 15) is 4.39 Å². The van der Waals surface area contributed by atoms with Crippen LogP contribution in [-0.4, -0.2) is 37.9 Å². The highest BCUT2D eigenvalue weighted by Crippen LogP contribution is 2.29.